The monoisotopic (exact) mass is 1650 g/mol. The van der Waals surface area contributed by atoms with E-state index >= 15 is 0 Å². The van der Waals surface area contributed by atoms with Crippen molar-refractivity contribution < 1.29 is 62.7 Å². The molecular formula is C95H97Cl2N7O11S2. The molecule has 9 aromatic rings. The Morgan fingerprint density at radius 3 is 1.91 bits per heavy atom. The number of aromatic carboxylic acids is 1. The van der Waals surface area contributed by atoms with Gasteiger partial charge in [0.15, 0.2) is 17.2 Å². The van der Waals surface area contributed by atoms with E-state index in [1.807, 2.05) is 72.8 Å². The molecule has 0 saturated heterocycles. The van der Waals surface area contributed by atoms with Gasteiger partial charge >= 0.3 is 5.97 Å². The van der Waals surface area contributed by atoms with Gasteiger partial charge in [-0.15, -0.1) is 0 Å². The molecule has 0 unspecified atom stereocenters. The molecule has 0 spiro atoms. The Hall–Kier alpha value is -10.1. The number of benzene rings is 8. The van der Waals surface area contributed by atoms with E-state index in [9.17, 15) is 34.8 Å². The van der Waals surface area contributed by atoms with Crippen LogP contribution in [-0.4, -0.2) is 106 Å². The first-order valence-electron chi connectivity index (χ1n) is 39.6. The van der Waals surface area contributed by atoms with Crippen LogP contribution in [0, 0.1) is 0 Å². The minimum Gasteiger partial charge on any atom is -0.691 e. The number of rotatable bonds is 29. The van der Waals surface area contributed by atoms with Crippen molar-refractivity contribution in [3.05, 3.63) is 290 Å². The van der Waals surface area contributed by atoms with Gasteiger partial charge in [0.2, 0.25) is 17.3 Å². The Morgan fingerprint density at radius 2 is 1.21 bits per heavy atom. The molecule has 1 aliphatic carbocycles. The van der Waals surface area contributed by atoms with Crippen LogP contribution in [0.1, 0.15) is 161 Å². The zero-order valence-electron chi connectivity index (χ0n) is 67.5. The van der Waals surface area contributed by atoms with Crippen LogP contribution in [0.3, 0.4) is 0 Å². The summed E-state index contributed by atoms with van der Waals surface area (Å²) >= 11 is 15.7. The summed E-state index contributed by atoms with van der Waals surface area (Å²) in [6, 6.07) is 54.0. The molecule has 4 aliphatic heterocycles. The highest BCUT2D eigenvalue weighted by molar-refractivity contribution is 7.94. The lowest BCUT2D eigenvalue weighted by atomic mass is 9.79. The Labute approximate surface area is 702 Å². The van der Waals surface area contributed by atoms with Gasteiger partial charge in [-0.05, 0) is 189 Å². The minimum atomic E-state index is -0.967. The second kappa shape index (κ2) is 36.8. The van der Waals surface area contributed by atoms with Crippen LogP contribution in [0.15, 0.2) is 246 Å². The molecule has 2 amide bonds. The zero-order chi connectivity index (χ0) is 82.9. The quantitative estimate of drug-likeness (QED) is 0.00754. The number of fused-ring (bicyclic) bond motifs is 9. The van der Waals surface area contributed by atoms with Crippen molar-refractivity contribution in [2.75, 3.05) is 61.1 Å². The smallest absolute Gasteiger partial charge is 0.335 e. The first-order valence-corrected chi connectivity index (χ1v) is 42.1. The predicted molar refractivity (Wildman–Crippen MR) is 469 cm³/mol. The molecule has 0 radical (unpaired) electrons. The lowest BCUT2D eigenvalue weighted by Gasteiger charge is -2.27. The number of allylic oxidation sites excluding steroid dienone is 14. The zero-order valence-corrected chi connectivity index (χ0v) is 70.7. The highest BCUT2D eigenvalue weighted by atomic mass is 35.5. The Kier molecular flexibility index (Phi) is 26.7. The van der Waals surface area contributed by atoms with E-state index in [0.29, 0.717) is 34.3 Å². The molecule has 5 aliphatic rings. The number of Topliss-reactive ketones (excluding diaryl/α,β-unsaturated/α-hetero) is 1. The summed E-state index contributed by atoms with van der Waals surface area (Å²) in [6.45, 7) is 21.3. The highest BCUT2D eigenvalue weighted by Crippen LogP contribution is 2.53. The molecule has 604 valence electrons. The van der Waals surface area contributed by atoms with Crippen molar-refractivity contribution in [1.82, 2.24) is 15.6 Å². The number of aromatic nitrogens is 1. The first kappa shape index (κ1) is 84.8. The number of carboxylic acids is 1. The van der Waals surface area contributed by atoms with E-state index in [4.69, 9.17) is 28.2 Å². The van der Waals surface area contributed by atoms with Gasteiger partial charge in [0.1, 0.15) is 25.8 Å². The predicted octanol–water partition coefficient (Wildman–Crippen LogP) is 19.3. The van der Waals surface area contributed by atoms with Crippen LogP contribution in [0.2, 0.25) is 5.02 Å². The maximum Gasteiger partial charge on any atom is 0.335 e. The number of carboxylic acid groups (broad SMARTS) is 1. The number of ketones is 1. The number of hydrogen-bond acceptors (Lipinski definition) is 15. The number of amides is 2. The van der Waals surface area contributed by atoms with Crippen LogP contribution < -0.4 is 30.9 Å². The van der Waals surface area contributed by atoms with Gasteiger partial charge in [-0.3, -0.25) is 24.5 Å². The van der Waals surface area contributed by atoms with Crippen LogP contribution >= 0.6 is 47.3 Å². The number of nitrogens with zero attached hydrogens (tertiary/aromatic N) is 5. The van der Waals surface area contributed by atoms with Gasteiger partial charge in [0.05, 0.1) is 22.1 Å². The second-order valence-electron chi connectivity index (χ2n) is 32.0. The number of pyridine rings is 1. The van der Waals surface area contributed by atoms with E-state index < -0.39 is 11.4 Å². The Balaban J connectivity index is 0.000000205. The fourth-order valence-corrected chi connectivity index (χ4v) is 18.7. The van der Waals surface area contributed by atoms with E-state index in [2.05, 4.69) is 238 Å². The van der Waals surface area contributed by atoms with Crippen LogP contribution in [-0.2, 0) is 45.2 Å². The van der Waals surface area contributed by atoms with E-state index in [-0.39, 0.29) is 64.7 Å². The third kappa shape index (κ3) is 17.9. The van der Waals surface area contributed by atoms with Gasteiger partial charge in [0.25, 0.3) is 5.91 Å². The summed E-state index contributed by atoms with van der Waals surface area (Å²) in [4.78, 5) is 60.7. The average Bonchev–Trinajstić information content (AvgIpc) is 1.59. The maximum atomic E-state index is 13.8. The first-order chi connectivity index (χ1) is 56.3. The summed E-state index contributed by atoms with van der Waals surface area (Å²) < 4.78 is 13.4. The number of carbonyl (C=O) groups is 4. The summed E-state index contributed by atoms with van der Waals surface area (Å²) in [6.07, 6.45) is 25.0. The lowest BCUT2D eigenvalue weighted by molar-refractivity contribution is -0.777. The topological polar surface area (TPSA) is 221 Å². The number of nitrogens with one attached hydrogen (secondary N) is 2. The van der Waals surface area contributed by atoms with Gasteiger partial charge in [-0.1, -0.05) is 178 Å². The third-order valence-electron chi connectivity index (χ3n) is 23.2. The molecule has 14 rings (SSSR count). The van der Waals surface area contributed by atoms with E-state index in [1.165, 1.54) is 38.7 Å². The minimum absolute atomic E-state index is 0.0233. The van der Waals surface area contributed by atoms with Gasteiger partial charge in [0, 0.05) is 157 Å². The van der Waals surface area contributed by atoms with Crippen molar-refractivity contribution >= 4 is 137 Å². The SMILES string of the molecule is CC(=O)c1ccc2c(c1)C(C)(C)/C(=C\C=C1/CCCC(/C=C/C3=[N+](CCCCSOO[O-])c4ccc(C(=O)O)cc4C3(C)C)=C1Cl)N2CCCCSOO[O-].C[N+]1=C(C=CC=CC=C2N(CC(=O)NCCNC(=O)c3cc4ccccc4c(-c4ccccc4Cl)n3)c3ccc4ccccc4c3C2(C)C)C(C)(C)c2c1ccc1ccccc21. The fraction of sp³-hybridized carbons (Fsp3) is 0.295. The number of anilines is 2. The molecule has 3 N–H and O–H groups in total. The summed E-state index contributed by atoms with van der Waals surface area (Å²) in [5, 5.41) is 51.0. The molecule has 0 saturated carbocycles. The summed E-state index contributed by atoms with van der Waals surface area (Å²) in [7, 11) is 2.15. The molecule has 22 heteroatoms. The molecule has 8 aromatic carbocycles. The highest BCUT2D eigenvalue weighted by Gasteiger charge is 2.47. The summed E-state index contributed by atoms with van der Waals surface area (Å²) in [5.41, 5.74) is 16.6. The number of unbranched alkanes of at least 4 members (excludes halogenated alkanes) is 2. The fourth-order valence-electron chi connectivity index (χ4n) is 17.3. The Morgan fingerprint density at radius 1 is 0.581 bits per heavy atom. The summed E-state index contributed by atoms with van der Waals surface area (Å²) in [5.74, 6) is -0.206. The molecule has 1 aromatic heterocycles. The standard InChI is InChI=1S/C54H48ClN5O2.C41H49ClN2O9S2/c1-53(2)46(59(5)44-29-27-35-17-9-12-20-38(35)49(44)53)25-7-6-8-26-47-54(3,4)50-39-21-13-10-18-36(39)28-30-45(50)60(47)34-48(61)56-31-32-57-52(62)43-33-37-19-11-14-22-40(37)51(58-43)41-23-15-16-24-42(41)55;1-27(45)30-13-17-34-32(25-30)40(2,3)36(43(34)21-6-8-23-54-52-50-48)19-15-28-11-10-12-29(38(28)42)16-20-37-41(4,5)33-26-31(39(46)47)14-18-35(33)44(37)22-7-9-24-55-53-51-49/h6-30,33H,31-32,34H2,1-5H3,(H-,56,57,61,62);13-20,25-26H,6-12,21-24H2,1-5H3,(H2-,46,47,48,49). The molecular weight excluding hydrogens is 1550 g/mol. The number of hydrogen-bond donors (Lipinski definition) is 3. The maximum absolute atomic E-state index is 13.8. The third-order valence-corrected chi connectivity index (χ3v) is 25.2. The second-order valence-corrected chi connectivity index (χ2v) is 34.3. The van der Waals surface area contributed by atoms with Gasteiger partial charge < -0.3 is 36.1 Å². The van der Waals surface area contributed by atoms with Crippen molar-refractivity contribution in [1.29, 1.82) is 0 Å². The van der Waals surface area contributed by atoms with E-state index in [0.717, 1.165) is 159 Å². The molecule has 0 fully saturated rings. The average molecular weight is 1650 g/mol. The van der Waals surface area contributed by atoms with Crippen LogP contribution in [0.25, 0.3) is 43.6 Å². The van der Waals surface area contributed by atoms with Crippen molar-refractivity contribution in [3.63, 3.8) is 0 Å². The molecule has 18 nitrogen and oxygen atoms in total. The molecule has 5 heterocycles. The van der Waals surface area contributed by atoms with Gasteiger partial charge in [-0.25, -0.2) is 9.78 Å². The largest absolute Gasteiger partial charge is 0.691 e. The van der Waals surface area contributed by atoms with E-state index in [1.54, 1.807) is 25.1 Å². The normalized spacial score (nSPS) is 17.4. The molecule has 0 bridgehead atoms. The van der Waals surface area contributed by atoms with Crippen molar-refractivity contribution in [3.8, 4) is 11.3 Å². The van der Waals surface area contributed by atoms with Gasteiger partial charge in [-0.2, -0.15) is 17.8 Å². The number of halogens is 2. The Bertz CT molecular complexity index is 5680. The molecule has 0 atom stereocenters. The van der Waals surface area contributed by atoms with Crippen molar-refractivity contribution in [2.45, 2.75) is 129 Å². The van der Waals surface area contributed by atoms with Crippen LogP contribution in [0.4, 0.5) is 22.7 Å². The molecule has 117 heavy (non-hydrogen) atoms. The number of carbonyl (C=O) groups excluding carboxylic acids is 3. The van der Waals surface area contributed by atoms with Crippen molar-refractivity contribution in [2.24, 2.45) is 0 Å². The van der Waals surface area contributed by atoms with Crippen LogP contribution in [0.5, 0.6) is 0 Å². The lowest BCUT2D eigenvalue weighted by Crippen LogP contribution is -2.40.